The van der Waals surface area contributed by atoms with Gasteiger partial charge in [-0.2, -0.15) is 0 Å². The molecule has 2 nitrogen and oxygen atoms in total. The smallest absolute Gasteiger partial charge is 0.0116 e. The van der Waals surface area contributed by atoms with Crippen LogP contribution >= 0.6 is 0 Å². The van der Waals surface area contributed by atoms with Crippen LogP contribution in [0.4, 0.5) is 0 Å². The molecule has 0 spiro atoms. The van der Waals surface area contributed by atoms with Gasteiger partial charge in [0, 0.05) is 0 Å². The second kappa shape index (κ2) is 21.2. The first-order valence-corrected chi connectivity index (χ1v) is 13.7. The van der Waals surface area contributed by atoms with Gasteiger partial charge >= 0.3 is 0 Å². The molecule has 2 heteroatoms. The molecule has 0 atom stereocenters. The summed E-state index contributed by atoms with van der Waals surface area (Å²) in [6.45, 7) is 3.87. The first kappa shape index (κ1) is 27.0. The SMILES string of the molecule is CCCCCCCCCCCCCCCCCCCCN([O-])CC1CCCCC1. The third-order valence-electron chi connectivity index (χ3n) is 6.95. The van der Waals surface area contributed by atoms with Crippen LogP contribution in [-0.2, 0) is 0 Å². The van der Waals surface area contributed by atoms with E-state index >= 15 is 0 Å². The predicted octanol–water partition coefficient (Wildman–Crippen LogP) is 9.41. The van der Waals surface area contributed by atoms with E-state index in [4.69, 9.17) is 0 Å². The Hall–Kier alpha value is -0.0800. The zero-order valence-electron chi connectivity index (χ0n) is 20.1. The van der Waals surface area contributed by atoms with Crippen LogP contribution in [0, 0.1) is 11.1 Å². The van der Waals surface area contributed by atoms with Gasteiger partial charge in [-0.1, -0.05) is 135 Å². The molecule has 1 aliphatic rings. The Bertz CT molecular complexity index is 314. The van der Waals surface area contributed by atoms with Crippen molar-refractivity contribution in [2.75, 3.05) is 13.1 Å². The lowest BCUT2D eigenvalue weighted by molar-refractivity contribution is 0.251. The van der Waals surface area contributed by atoms with E-state index in [1.54, 1.807) is 0 Å². The molecular formula is C27H54NO-. The summed E-state index contributed by atoms with van der Waals surface area (Å²) in [6, 6.07) is 0. The van der Waals surface area contributed by atoms with Crippen LogP contribution in [-0.4, -0.2) is 18.2 Å². The molecule has 1 aliphatic carbocycles. The van der Waals surface area contributed by atoms with Crippen LogP contribution in [0.2, 0.25) is 0 Å². The number of nitrogens with zero attached hydrogens (tertiary/aromatic N) is 1. The van der Waals surface area contributed by atoms with Crippen molar-refractivity contribution in [1.82, 2.24) is 5.06 Å². The maximum absolute atomic E-state index is 12.0. The van der Waals surface area contributed by atoms with E-state index in [-0.39, 0.29) is 0 Å². The van der Waals surface area contributed by atoms with Gasteiger partial charge in [-0.05, 0) is 38.3 Å². The molecule has 0 radical (unpaired) electrons. The van der Waals surface area contributed by atoms with E-state index < -0.39 is 0 Å². The first-order valence-electron chi connectivity index (χ1n) is 13.7. The monoisotopic (exact) mass is 408 g/mol. The van der Waals surface area contributed by atoms with Crippen LogP contribution in [0.5, 0.6) is 0 Å². The van der Waals surface area contributed by atoms with Crippen LogP contribution in [0.3, 0.4) is 0 Å². The highest BCUT2D eigenvalue weighted by Gasteiger charge is 2.13. The minimum Gasteiger partial charge on any atom is -0.785 e. The summed E-state index contributed by atoms with van der Waals surface area (Å²) in [5.74, 6) is 0.691. The van der Waals surface area contributed by atoms with Crippen molar-refractivity contribution in [2.45, 2.75) is 155 Å². The molecule has 0 amide bonds. The molecule has 0 bridgehead atoms. The Labute approximate surface area is 184 Å². The summed E-state index contributed by atoms with van der Waals surface area (Å²) in [4.78, 5) is 0. The molecule has 0 aliphatic heterocycles. The highest BCUT2D eigenvalue weighted by atomic mass is 16.5. The molecule has 0 saturated heterocycles. The Kier molecular flexibility index (Phi) is 19.7. The summed E-state index contributed by atoms with van der Waals surface area (Å²) < 4.78 is 0. The third kappa shape index (κ3) is 18.4. The topological polar surface area (TPSA) is 26.3 Å². The lowest BCUT2D eigenvalue weighted by atomic mass is 9.89. The van der Waals surface area contributed by atoms with Gasteiger partial charge in [-0.25, -0.2) is 0 Å². The van der Waals surface area contributed by atoms with E-state index in [2.05, 4.69) is 6.92 Å². The van der Waals surface area contributed by atoms with Crippen LogP contribution in [0.25, 0.3) is 0 Å². The predicted molar refractivity (Wildman–Crippen MR) is 130 cm³/mol. The fourth-order valence-electron chi connectivity index (χ4n) is 4.94. The third-order valence-corrected chi connectivity index (χ3v) is 6.95. The van der Waals surface area contributed by atoms with Gasteiger partial charge in [0.1, 0.15) is 0 Å². The molecule has 1 rings (SSSR count). The summed E-state index contributed by atoms with van der Waals surface area (Å²) in [5, 5.41) is 13.4. The molecule has 0 unspecified atom stereocenters. The van der Waals surface area contributed by atoms with Crippen molar-refractivity contribution in [3.05, 3.63) is 5.21 Å². The molecule has 0 heterocycles. The van der Waals surface area contributed by atoms with Gasteiger partial charge in [0.05, 0.1) is 0 Å². The van der Waals surface area contributed by atoms with Gasteiger partial charge in [0.25, 0.3) is 0 Å². The van der Waals surface area contributed by atoms with Gasteiger partial charge in [-0.15, -0.1) is 0 Å². The zero-order valence-corrected chi connectivity index (χ0v) is 20.1. The van der Waals surface area contributed by atoms with E-state index in [0.29, 0.717) is 5.92 Å². The molecule has 1 fully saturated rings. The summed E-state index contributed by atoms with van der Waals surface area (Å²) in [6.07, 6.45) is 31.9. The maximum atomic E-state index is 12.0. The lowest BCUT2D eigenvalue weighted by Gasteiger charge is -2.34. The average molecular weight is 409 g/mol. The van der Waals surface area contributed by atoms with Gasteiger partial charge < -0.3 is 10.3 Å². The number of hydroxylamine groups is 2. The van der Waals surface area contributed by atoms with Crippen molar-refractivity contribution in [2.24, 2.45) is 5.92 Å². The number of hydrogen-bond donors (Lipinski definition) is 0. The standard InChI is InChI=1S/C27H54NO/c1-2-3-4-5-6-7-8-9-10-11-12-13-14-15-16-17-18-22-25-28(29)26-27-23-20-19-21-24-27/h27H,2-26H2,1H3/q-1. The highest BCUT2D eigenvalue weighted by molar-refractivity contribution is 4.70. The van der Waals surface area contributed by atoms with Gasteiger partial charge in [0.2, 0.25) is 0 Å². The minimum absolute atomic E-state index is 0.691. The Morgan fingerprint density at radius 1 is 0.552 bits per heavy atom. The molecule has 29 heavy (non-hydrogen) atoms. The summed E-state index contributed by atoms with van der Waals surface area (Å²) >= 11 is 0. The summed E-state index contributed by atoms with van der Waals surface area (Å²) in [7, 11) is 0. The Morgan fingerprint density at radius 2 is 0.931 bits per heavy atom. The second-order valence-electron chi connectivity index (χ2n) is 9.90. The van der Waals surface area contributed by atoms with Crippen molar-refractivity contribution in [1.29, 1.82) is 0 Å². The normalized spacial score (nSPS) is 15.4. The Balaban J connectivity index is 1.69. The first-order chi connectivity index (χ1) is 14.3. The van der Waals surface area contributed by atoms with E-state index in [1.807, 2.05) is 0 Å². The molecule has 0 aromatic rings. The molecule has 0 aromatic carbocycles. The second-order valence-corrected chi connectivity index (χ2v) is 9.90. The van der Waals surface area contributed by atoms with Crippen LogP contribution in [0.15, 0.2) is 0 Å². The molecule has 1 saturated carbocycles. The largest absolute Gasteiger partial charge is 0.785 e. The highest BCUT2D eigenvalue weighted by Crippen LogP contribution is 2.24. The fraction of sp³-hybridized carbons (Fsp3) is 1.00. The fourth-order valence-corrected chi connectivity index (χ4v) is 4.94. The van der Waals surface area contributed by atoms with Crippen LogP contribution in [0.1, 0.15) is 155 Å². The van der Waals surface area contributed by atoms with Gasteiger partial charge in [0.15, 0.2) is 0 Å². The zero-order chi connectivity index (χ0) is 20.8. The average Bonchev–Trinajstić information content (AvgIpc) is 2.73. The van der Waals surface area contributed by atoms with Gasteiger partial charge in [-0.3, -0.25) is 0 Å². The quantitative estimate of drug-likeness (QED) is 0.140. The maximum Gasteiger partial charge on any atom is -0.0116 e. The minimum atomic E-state index is 0.691. The number of rotatable bonds is 21. The summed E-state index contributed by atoms with van der Waals surface area (Å²) in [5.41, 5.74) is 0. The molecule has 0 N–H and O–H groups in total. The molecule has 174 valence electrons. The lowest BCUT2D eigenvalue weighted by Crippen LogP contribution is -2.26. The van der Waals surface area contributed by atoms with E-state index in [9.17, 15) is 5.21 Å². The van der Waals surface area contributed by atoms with Crippen molar-refractivity contribution >= 4 is 0 Å². The van der Waals surface area contributed by atoms with Crippen LogP contribution < -0.4 is 0 Å². The van der Waals surface area contributed by atoms with E-state index in [0.717, 1.165) is 19.5 Å². The van der Waals surface area contributed by atoms with Crippen molar-refractivity contribution in [3.8, 4) is 0 Å². The number of hydrogen-bond acceptors (Lipinski definition) is 2. The van der Waals surface area contributed by atoms with Crippen molar-refractivity contribution in [3.63, 3.8) is 0 Å². The van der Waals surface area contributed by atoms with Crippen molar-refractivity contribution < 1.29 is 0 Å². The molecular weight excluding hydrogens is 354 g/mol. The number of unbranched alkanes of at least 4 members (excludes halogenated alkanes) is 17. The molecule has 0 aromatic heterocycles. The van der Waals surface area contributed by atoms with E-state index in [1.165, 1.54) is 146 Å². The Morgan fingerprint density at radius 3 is 1.34 bits per heavy atom.